The van der Waals surface area contributed by atoms with Gasteiger partial charge >= 0.3 is 0 Å². The van der Waals surface area contributed by atoms with E-state index in [1.807, 2.05) is 0 Å². The Morgan fingerprint density at radius 1 is 1.36 bits per heavy atom. The van der Waals surface area contributed by atoms with Crippen LogP contribution in [-0.2, 0) is 11.4 Å². The van der Waals surface area contributed by atoms with Gasteiger partial charge in [0.15, 0.2) is 11.5 Å². The topological polar surface area (TPSA) is 98.5 Å². The second-order valence-corrected chi connectivity index (χ2v) is 4.58. The number of carbonyl (C=O) groups excluding carboxylic acids is 1. The summed E-state index contributed by atoms with van der Waals surface area (Å²) in [6.45, 7) is 1.47. The lowest BCUT2D eigenvalue weighted by atomic mass is 10.2. The average Bonchev–Trinajstić information content (AvgIpc) is 3.02. The number of nitrogens with one attached hydrogen (secondary N) is 1. The normalized spacial score (nSPS) is 11.8. The lowest BCUT2D eigenvalue weighted by molar-refractivity contribution is -0.119. The third kappa shape index (κ3) is 3.34. The number of amides is 1. The Hall–Kier alpha value is -2.61. The molecule has 0 fully saturated rings. The molecule has 0 aliphatic carbocycles. The molecule has 0 bridgehead atoms. The maximum absolute atomic E-state index is 12.2. The van der Waals surface area contributed by atoms with Gasteiger partial charge in [-0.25, -0.2) is 4.68 Å². The maximum atomic E-state index is 12.2. The fraction of sp³-hybridized carbons (Fsp3) is 0.357. The summed E-state index contributed by atoms with van der Waals surface area (Å²) in [5, 5.41) is 19.3. The largest absolute Gasteiger partial charge is 0.493 e. The van der Waals surface area contributed by atoms with E-state index < -0.39 is 6.04 Å². The lowest BCUT2D eigenvalue weighted by Gasteiger charge is -2.14. The number of benzene rings is 1. The number of hydrogen-bond donors (Lipinski definition) is 2. The highest BCUT2D eigenvalue weighted by molar-refractivity contribution is 5.93. The van der Waals surface area contributed by atoms with E-state index in [9.17, 15) is 4.79 Å². The molecule has 0 saturated heterocycles. The van der Waals surface area contributed by atoms with Crippen molar-refractivity contribution in [1.82, 2.24) is 15.0 Å². The third-order valence-electron chi connectivity index (χ3n) is 3.15. The lowest BCUT2D eigenvalue weighted by Crippen LogP contribution is -2.24. The molecule has 1 unspecified atom stereocenters. The minimum Gasteiger partial charge on any atom is -0.493 e. The molecule has 22 heavy (non-hydrogen) atoms. The van der Waals surface area contributed by atoms with E-state index in [1.54, 1.807) is 32.2 Å². The van der Waals surface area contributed by atoms with E-state index in [-0.39, 0.29) is 12.5 Å². The van der Waals surface area contributed by atoms with Gasteiger partial charge in [0.2, 0.25) is 5.91 Å². The van der Waals surface area contributed by atoms with Crippen LogP contribution < -0.4 is 14.8 Å². The monoisotopic (exact) mass is 306 g/mol. The fourth-order valence-corrected chi connectivity index (χ4v) is 1.86. The van der Waals surface area contributed by atoms with Crippen molar-refractivity contribution < 1.29 is 19.4 Å². The number of hydrogen-bond acceptors (Lipinski definition) is 6. The summed E-state index contributed by atoms with van der Waals surface area (Å²) in [6, 6.07) is 4.52. The molecule has 2 aromatic rings. The van der Waals surface area contributed by atoms with Crippen molar-refractivity contribution in [1.29, 1.82) is 0 Å². The van der Waals surface area contributed by atoms with Crippen LogP contribution in [-0.4, -0.2) is 40.2 Å². The maximum Gasteiger partial charge on any atom is 0.249 e. The summed E-state index contributed by atoms with van der Waals surface area (Å²) in [5.74, 6) is 0.843. The van der Waals surface area contributed by atoms with E-state index in [1.165, 1.54) is 18.0 Å². The quantitative estimate of drug-likeness (QED) is 0.825. The smallest absolute Gasteiger partial charge is 0.249 e. The molecule has 8 heteroatoms. The zero-order valence-corrected chi connectivity index (χ0v) is 12.6. The summed E-state index contributed by atoms with van der Waals surface area (Å²) in [4.78, 5) is 12.2. The van der Waals surface area contributed by atoms with Crippen LogP contribution in [0.4, 0.5) is 5.69 Å². The molecule has 2 rings (SSSR count). The van der Waals surface area contributed by atoms with E-state index in [4.69, 9.17) is 14.6 Å². The van der Waals surface area contributed by atoms with Gasteiger partial charge in [-0.05, 0) is 19.1 Å². The van der Waals surface area contributed by atoms with Crippen molar-refractivity contribution >= 4 is 11.6 Å². The predicted octanol–water partition coefficient (Wildman–Crippen LogP) is 0.987. The second kappa shape index (κ2) is 6.90. The first-order valence-corrected chi connectivity index (χ1v) is 6.63. The van der Waals surface area contributed by atoms with Crippen molar-refractivity contribution in [3.8, 4) is 11.5 Å². The van der Waals surface area contributed by atoms with Crippen molar-refractivity contribution in [2.75, 3.05) is 19.5 Å². The van der Waals surface area contributed by atoms with Crippen LogP contribution in [0.5, 0.6) is 11.5 Å². The molecule has 1 atom stereocenters. The first kappa shape index (κ1) is 15.8. The number of aliphatic hydroxyl groups excluding tert-OH is 1. The molecule has 0 aliphatic rings. The number of aromatic nitrogens is 3. The van der Waals surface area contributed by atoms with Crippen LogP contribution in [0, 0.1) is 0 Å². The molecule has 0 spiro atoms. The van der Waals surface area contributed by atoms with Gasteiger partial charge in [0, 0.05) is 11.8 Å². The standard InChI is InChI=1S/C14H18N4O4/c1-9(18-7-11(8-19)16-17-18)14(20)15-10-4-5-12(21-2)13(6-10)22-3/h4-7,9,19H,8H2,1-3H3,(H,15,20). The summed E-state index contributed by atoms with van der Waals surface area (Å²) >= 11 is 0. The van der Waals surface area contributed by atoms with Gasteiger partial charge in [0.25, 0.3) is 0 Å². The Bertz CT molecular complexity index is 656. The molecule has 0 saturated carbocycles. The van der Waals surface area contributed by atoms with Gasteiger partial charge in [-0.1, -0.05) is 5.21 Å². The van der Waals surface area contributed by atoms with Gasteiger partial charge in [-0.3, -0.25) is 4.79 Å². The number of nitrogens with zero attached hydrogens (tertiary/aromatic N) is 3. The zero-order chi connectivity index (χ0) is 16.1. The highest BCUT2D eigenvalue weighted by Gasteiger charge is 2.17. The molecule has 1 aromatic heterocycles. The van der Waals surface area contributed by atoms with Crippen LogP contribution >= 0.6 is 0 Å². The summed E-state index contributed by atoms with van der Waals surface area (Å²) < 4.78 is 11.7. The first-order valence-electron chi connectivity index (χ1n) is 6.63. The Morgan fingerprint density at radius 2 is 2.09 bits per heavy atom. The molecule has 1 amide bonds. The van der Waals surface area contributed by atoms with E-state index >= 15 is 0 Å². The van der Waals surface area contributed by atoms with Crippen LogP contribution in [0.1, 0.15) is 18.7 Å². The van der Waals surface area contributed by atoms with E-state index in [2.05, 4.69) is 15.6 Å². The third-order valence-corrected chi connectivity index (χ3v) is 3.15. The summed E-state index contributed by atoms with van der Waals surface area (Å²) in [6.07, 6.45) is 1.53. The van der Waals surface area contributed by atoms with Crippen LogP contribution in [0.3, 0.4) is 0 Å². The minimum atomic E-state index is -0.569. The minimum absolute atomic E-state index is 0.218. The molecule has 118 valence electrons. The van der Waals surface area contributed by atoms with Crippen LogP contribution in [0.2, 0.25) is 0 Å². The molecular weight excluding hydrogens is 288 g/mol. The van der Waals surface area contributed by atoms with Gasteiger partial charge < -0.3 is 19.9 Å². The number of aliphatic hydroxyl groups is 1. The van der Waals surface area contributed by atoms with Crippen molar-refractivity contribution in [3.63, 3.8) is 0 Å². The molecule has 2 N–H and O–H groups in total. The number of rotatable bonds is 6. The van der Waals surface area contributed by atoms with E-state index in [0.29, 0.717) is 22.9 Å². The first-order chi connectivity index (χ1) is 10.6. The number of anilines is 1. The van der Waals surface area contributed by atoms with Gasteiger partial charge in [-0.15, -0.1) is 5.10 Å². The van der Waals surface area contributed by atoms with Crippen molar-refractivity contribution in [3.05, 3.63) is 30.1 Å². The van der Waals surface area contributed by atoms with Crippen LogP contribution in [0.25, 0.3) is 0 Å². The van der Waals surface area contributed by atoms with Gasteiger partial charge in [0.05, 0.1) is 27.0 Å². The molecular formula is C14H18N4O4. The summed E-state index contributed by atoms with van der Waals surface area (Å²) in [5.41, 5.74) is 0.989. The molecule has 8 nitrogen and oxygen atoms in total. The number of ether oxygens (including phenoxy) is 2. The Balaban J connectivity index is 2.11. The van der Waals surface area contributed by atoms with Crippen molar-refractivity contribution in [2.24, 2.45) is 0 Å². The molecule has 0 aliphatic heterocycles. The molecule has 1 heterocycles. The average molecular weight is 306 g/mol. The molecule has 1 aromatic carbocycles. The van der Waals surface area contributed by atoms with E-state index in [0.717, 1.165) is 0 Å². The Kier molecular flexibility index (Phi) is 4.95. The highest BCUT2D eigenvalue weighted by atomic mass is 16.5. The zero-order valence-electron chi connectivity index (χ0n) is 12.6. The summed E-state index contributed by atoms with van der Waals surface area (Å²) in [7, 11) is 3.07. The second-order valence-electron chi connectivity index (χ2n) is 4.58. The fourth-order valence-electron chi connectivity index (χ4n) is 1.86. The van der Waals surface area contributed by atoms with Gasteiger partial charge in [0.1, 0.15) is 11.7 Å². The molecule has 0 radical (unpaired) electrons. The van der Waals surface area contributed by atoms with Gasteiger partial charge in [-0.2, -0.15) is 0 Å². The number of carbonyl (C=O) groups is 1. The highest BCUT2D eigenvalue weighted by Crippen LogP contribution is 2.30. The Morgan fingerprint density at radius 3 is 2.68 bits per heavy atom. The van der Waals surface area contributed by atoms with Crippen LogP contribution in [0.15, 0.2) is 24.4 Å². The Labute approximate surface area is 127 Å². The number of methoxy groups -OCH3 is 2. The van der Waals surface area contributed by atoms with Crippen molar-refractivity contribution in [2.45, 2.75) is 19.6 Å². The predicted molar refractivity (Wildman–Crippen MR) is 78.8 cm³/mol. The SMILES string of the molecule is COc1ccc(NC(=O)C(C)n2cc(CO)nn2)cc1OC.